The molecule has 0 N–H and O–H groups in total. The summed E-state index contributed by atoms with van der Waals surface area (Å²) in [7, 11) is 0. The molecule has 0 atom stereocenters. The van der Waals surface area contributed by atoms with E-state index in [4.69, 9.17) is 0 Å². The smallest absolute Gasteiger partial charge is 0.0701 e. The van der Waals surface area contributed by atoms with Gasteiger partial charge in [0.2, 0.25) is 0 Å². The van der Waals surface area contributed by atoms with E-state index in [9.17, 15) is 0 Å². The van der Waals surface area contributed by atoms with Crippen molar-refractivity contribution in [3.63, 3.8) is 0 Å². The maximum Gasteiger partial charge on any atom is 0.0701 e. The molecule has 0 aliphatic heterocycles. The molecule has 0 bridgehead atoms. The number of anilines is 2. The number of allylic oxidation sites excluding steroid dienone is 2. The van der Waals surface area contributed by atoms with Gasteiger partial charge in [0.05, 0.1) is 16.3 Å². The third-order valence-corrected chi connectivity index (χ3v) is 12.2. The van der Waals surface area contributed by atoms with Crippen molar-refractivity contribution in [1.82, 2.24) is 4.98 Å². The van der Waals surface area contributed by atoms with Gasteiger partial charge in [0.25, 0.3) is 0 Å². The van der Waals surface area contributed by atoms with Gasteiger partial charge in [0.1, 0.15) is 0 Å². The predicted molar refractivity (Wildman–Crippen MR) is 231 cm³/mol. The molecule has 0 unspecified atom stereocenters. The minimum atomic E-state index is -0.0644. The first-order valence-corrected chi connectivity index (χ1v) is 19.3. The van der Waals surface area contributed by atoms with Gasteiger partial charge in [-0.15, -0.1) is 11.3 Å². The molecule has 9 rings (SSSR count). The van der Waals surface area contributed by atoms with Crippen molar-refractivity contribution in [3.05, 3.63) is 204 Å². The van der Waals surface area contributed by atoms with Gasteiger partial charge in [-0.05, 0) is 105 Å². The first kappa shape index (κ1) is 33.5. The summed E-state index contributed by atoms with van der Waals surface area (Å²) in [6, 6.07) is 56.8. The van der Waals surface area contributed by atoms with Gasteiger partial charge in [0.15, 0.2) is 0 Å². The van der Waals surface area contributed by atoms with E-state index < -0.39 is 0 Å². The predicted octanol–water partition coefficient (Wildman–Crippen LogP) is 14.3. The highest BCUT2D eigenvalue weighted by Gasteiger charge is 2.37. The number of thiophene rings is 1. The minimum absolute atomic E-state index is 0.0644. The molecule has 54 heavy (non-hydrogen) atoms. The number of aryl methyl sites for hydroxylation is 1. The number of benzene rings is 6. The Balaban J connectivity index is 1.29. The number of nitrogens with zero attached hydrogens (tertiary/aromatic N) is 2. The Kier molecular flexibility index (Phi) is 8.45. The van der Waals surface area contributed by atoms with Gasteiger partial charge in [-0.3, -0.25) is 4.98 Å². The van der Waals surface area contributed by atoms with Crippen molar-refractivity contribution in [2.45, 2.75) is 26.2 Å². The van der Waals surface area contributed by atoms with Crippen LogP contribution in [0, 0.1) is 6.92 Å². The van der Waals surface area contributed by atoms with Crippen LogP contribution in [-0.4, -0.2) is 4.98 Å². The molecule has 2 heterocycles. The van der Waals surface area contributed by atoms with Gasteiger partial charge < -0.3 is 4.90 Å². The van der Waals surface area contributed by atoms with Crippen molar-refractivity contribution in [2.24, 2.45) is 0 Å². The number of aromatic nitrogens is 1. The van der Waals surface area contributed by atoms with Crippen LogP contribution in [0.15, 0.2) is 183 Å². The molecule has 0 spiro atoms. The molecule has 8 aromatic rings. The fraction of sp³-hybridized carbons (Fsp3) is 0.0784. The number of pyridine rings is 1. The third-order valence-electron chi connectivity index (χ3n) is 10.9. The second-order valence-corrected chi connectivity index (χ2v) is 15.5. The molecule has 0 amide bonds. The molecule has 6 aromatic carbocycles. The van der Waals surface area contributed by atoms with E-state index in [0.717, 1.165) is 39.5 Å². The molecule has 0 radical (unpaired) electrons. The van der Waals surface area contributed by atoms with Gasteiger partial charge in [0, 0.05) is 38.8 Å². The molecule has 260 valence electrons. The van der Waals surface area contributed by atoms with Crippen LogP contribution in [0.4, 0.5) is 11.4 Å². The fourth-order valence-electron chi connectivity index (χ4n) is 8.15. The van der Waals surface area contributed by atoms with Crippen LogP contribution >= 0.6 is 11.3 Å². The Labute approximate surface area is 322 Å². The summed E-state index contributed by atoms with van der Waals surface area (Å²) in [4.78, 5) is 8.28. The van der Waals surface area contributed by atoms with Crippen LogP contribution in [0.25, 0.3) is 60.4 Å². The van der Waals surface area contributed by atoms with Crippen molar-refractivity contribution >= 4 is 38.5 Å². The lowest BCUT2D eigenvalue weighted by atomic mass is 9.82. The Morgan fingerprint density at radius 3 is 1.93 bits per heavy atom. The van der Waals surface area contributed by atoms with Crippen LogP contribution in [-0.2, 0) is 5.41 Å². The Morgan fingerprint density at radius 1 is 0.630 bits per heavy atom. The van der Waals surface area contributed by atoms with Crippen LogP contribution in [0.5, 0.6) is 0 Å². The number of hydrogen-bond acceptors (Lipinski definition) is 3. The fourth-order valence-corrected chi connectivity index (χ4v) is 9.53. The summed E-state index contributed by atoms with van der Waals surface area (Å²) in [6.45, 7) is 11.3. The molecule has 2 nitrogen and oxygen atoms in total. The standard InChI is InChI=1S/C51H40N2S/c1-5-16-47(49-34(2)42-28-29-45-48(50(42)54-49)43-21-12-13-22-44(43)51(45,3)4)53(40-26-24-37(25-27-40)46-23-14-15-30-52-46)41-32-38(35-17-8-6-9-18-35)31-39(33-41)36-19-10-7-11-20-36/h5-33H,1H2,2-4H3/b47-16+. The second kappa shape index (κ2) is 13.6. The summed E-state index contributed by atoms with van der Waals surface area (Å²) in [5.41, 5.74) is 16.6. The Morgan fingerprint density at radius 2 is 1.28 bits per heavy atom. The van der Waals surface area contributed by atoms with Crippen LogP contribution in [0.2, 0.25) is 0 Å². The average molecular weight is 713 g/mol. The lowest BCUT2D eigenvalue weighted by Crippen LogP contribution is -2.16. The highest BCUT2D eigenvalue weighted by Crippen LogP contribution is 2.54. The first-order valence-electron chi connectivity index (χ1n) is 18.5. The zero-order valence-electron chi connectivity index (χ0n) is 30.8. The lowest BCUT2D eigenvalue weighted by Gasteiger charge is -2.29. The molecule has 0 saturated heterocycles. The van der Waals surface area contributed by atoms with E-state index in [0.29, 0.717) is 0 Å². The van der Waals surface area contributed by atoms with E-state index in [1.807, 2.05) is 35.7 Å². The summed E-state index contributed by atoms with van der Waals surface area (Å²) < 4.78 is 1.33. The van der Waals surface area contributed by atoms with Gasteiger partial charge in [-0.1, -0.05) is 142 Å². The van der Waals surface area contributed by atoms with Gasteiger partial charge >= 0.3 is 0 Å². The van der Waals surface area contributed by atoms with E-state index in [2.05, 4.69) is 189 Å². The average Bonchev–Trinajstić information content (AvgIpc) is 3.68. The van der Waals surface area contributed by atoms with Crippen molar-refractivity contribution in [3.8, 4) is 44.6 Å². The van der Waals surface area contributed by atoms with Crippen molar-refractivity contribution in [1.29, 1.82) is 0 Å². The molecule has 3 heteroatoms. The normalized spacial score (nSPS) is 13.1. The van der Waals surface area contributed by atoms with E-state index in [1.165, 1.54) is 53.9 Å². The van der Waals surface area contributed by atoms with Crippen molar-refractivity contribution in [2.75, 3.05) is 4.90 Å². The van der Waals surface area contributed by atoms with Gasteiger partial charge in [-0.25, -0.2) is 0 Å². The second-order valence-electron chi connectivity index (χ2n) is 14.5. The van der Waals surface area contributed by atoms with Gasteiger partial charge in [-0.2, -0.15) is 0 Å². The Hall–Kier alpha value is -6.29. The van der Waals surface area contributed by atoms with E-state index >= 15 is 0 Å². The highest BCUT2D eigenvalue weighted by molar-refractivity contribution is 7.21. The monoisotopic (exact) mass is 712 g/mol. The maximum absolute atomic E-state index is 4.64. The molecular formula is C51H40N2S. The molecule has 0 saturated carbocycles. The molecular weight excluding hydrogens is 673 g/mol. The largest absolute Gasteiger partial charge is 0.309 e. The Bertz CT molecular complexity index is 2630. The molecule has 1 aliphatic rings. The zero-order chi connectivity index (χ0) is 36.8. The highest BCUT2D eigenvalue weighted by atomic mass is 32.1. The molecule has 1 aliphatic carbocycles. The summed E-state index contributed by atoms with van der Waals surface area (Å²) in [5, 5.41) is 1.30. The van der Waals surface area contributed by atoms with Crippen LogP contribution in [0.1, 0.15) is 35.4 Å². The van der Waals surface area contributed by atoms with Crippen LogP contribution in [0.3, 0.4) is 0 Å². The molecule has 0 fully saturated rings. The maximum atomic E-state index is 4.64. The van der Waals surface area contributed by atoms with Crippen LogP contribution < -0.4 is 4.90 Å². The number of rotatable bonds is 8. The third kappa shape index (κ3) is 5.69. The summed E-state index contributed by atoms with van der Waals surface area (Å²) >= 11 is 1.89. The topological polar surface area (TPSA) is 16.1 Å². The quantitative estimate of drug-likeness (QED) is 0.146. The van der Waals surface area contributed by atoms with Crippen molar-refractivity contribution < 1.29 is 0 Å². The SMILES string of the molecule is C=C/C=C(\c1sc2c3c(ccc2c1C)C(C)(C)c1ccccc1-3)N(c1ccc(-c2ccccn2)cc1)c1cc(-c2ccccc2)cc(-c2ccccc2)c1. The summed E-state index contributed by atoms with van der Waals surface area (Å²) in [6.07, 6.45) is 5.96. The first-order chi connectivity index (χ1) is 26.4. The lowest BCUT2D eigenvalue weighted by molar-refractivity contribution is 0.661. The zero-order valence-corrected chi connectivity index (χ0v) is 31.6. The van der Waals surface area contributed by atoms with E-state index in [-0.39, 0.29) is 5.41 Å². The summed E-state index contributed by atoms with van der Waals surface area (Å²) in [5.74, 6) is 0. The number of fused-ring (bicyclic) bond motifs is 5. The van der Waals surface area contributed by atoms with E-state index in [1.54, 1.807) is 0 Å². The molecule has 2 aromatic heterocycles. The number of hydrogen-bond donors (Lipinski definition) is 0. The minimum Gasteiger partial charge on any atom is -0.309 e.